The van der Waals surface area contributed by atoms with Crippen LogP contribution in [0, 0.1) is 0 Å². The molecule has 0 spiro atoms. The van der Waals surface area contributed by atoms with Crippen molar-refractivity contribution >= 4 is 56.1 Å². The number of amidine groups is 1. The summed E-state index contributed by atoms with van der Waals surface area (Å²) in [6.07, 6.45) is 0.00286. The van der Waals surface area contributed by atoms with Crippen molar-refractivity contribution in [2.75, 3.05) is 19.6 Å². The Morgan fingerprint density at radius 3 is 2.41 bits per heavy atom. The quantitative estimate of drug-likeness (QED) is 0.308. The fraction of sp³-hybridized carbons (Fsp3) is 0.300. The molecule has 8 nitrogen and oxygen atoms in total. The van der Waals surface area contributed by atoms with Gasteiger partial charge < -0.3 is 5.32 Å². The molecular formula is C30H33ClN4O4S2. The Balaban J connectivity index is 1.59. The van der Waals surface area contributed by atoms with Crippen LogP contribution in [0.15, 0.2) is 88.8 Å². The van der Waals surface area contributed by atoms with E-state index >= 15 is 0 Å². The normalized spacial score (nSPS) is 17.1. The fourth-order valence-electron chi connectivity index (χ4n) is 4.55. The van der Waals surface area contributed by atoms with Crippen molar-refractivity contribution in [2.45, 2.75) is 43.4 Å². The lowest BCUT2D eigenvalue weighted by atomic mass is 10.0. The minimum Gasteiger partial charge on any atom is -0.345 e. The van der Waals surface area contributed by atoms with Crippen LogP contribution in [-0.4, -0.2) is 59.5 Å². The molecule has 1 fully saturated rings. The minimum atomic E-state index is -3.65. The molecule has 0 radical (unpaired) electrons. The van der Waals surface area contributed by atoms with Gasteiger partial charge in [0.15, 0.2) is 5.17 Å². The van der Waals surface area contributed by atoms with Crippen molar-refractivity contribution < 1.29 is 18.0 Å². The number of aliphatic imine (C=N–C) groups is 1. The van der Waals surface area contributed by atoms with Crippen LogP contribution in [0.25, 0.3) is 0 Å². The van der Waals surface area contributed by atoms with E-state index in [1.54, 1.807) is 61.2 Å². The van der Waals surface area contributed by atoms with E-state index in [1.807, 2.05) is 37.3 Å². The molecule has 11 heteroatoms. The number of nitrogens with zero attached hydrogens (tertiary/aromatic N) is 3. The molecule has 0 unspecified atom stereocenters. The van der Waals surface area contributed by atoms with E-state index in [9.17, 15) is 18.0 Å². The number of nitrogens with one attached hydrogen (secondary N) is 1. The molecule has 1 aliphatic rings. The maximum Gasteiger partial charge on any atom is 0.253 e. The third-order valence-corrected chi connectivity index (χ3v) is 10.1. The number of rotatable bonds is 10. The highest BCUT2D eigenvalue weighted by atomic mass is 35.5. The van der Waals surface area contributed by atoms with Gasteiger partial charge >= 0.3 is 0 Å². The number of sulfonamides is 1. The molecular weight excluding hydrogens is 580 g/mol. The maximum absolute atomic E-state index is 13.7. The summed E-state index contributed by atoms with van der Waals surface area (Å²) >= 11 is 7.70. The number of benzene rings is 3. The van der Waals surface area contributed by atoms with Gasteiger partial charge in [0.2, 0.25) is 15.9 Å². The van der Waals surface area contributed by atoms with Crippen LogP contribution in [0.1, 0.15) is 49.2 Å². The molecule has 1 heterocycles. The van der Waals surface area contributed by atoms with Crippen molar-refractivity contribution in [2.24, 2.45) is 4.99 Å². The van der Waals surface area contributed by atoms with E-state index in [-0.39, 0.29) is 28.4 Å². The van der Waals surface area contributed by atoms with Crippen LogP contribution in [0.2, 0.25) is 5.02 Å². The lowest BCUT2D eigenvalue weighted by molar-refractivity contribution is -0.127. The average molecular weight is 613 g/mol. The van der Waals surface area contributed by atoms with Gasteiger partial charge in [0.05, 0.1) is 33.6 Å². The summed E-state index contributed by atoms with van der Waals surface area (Å²) in [4.78, 5) is 33.3. The van der Waals surface area contributed by atoms with Gasteiger partial charge in [0.1, 0.15) is 0 Å². The maximum atomic E-state index is 13.7. The molecule has 0 bridgehead atoms. The molecule has 3 aromatic rings. The number of halogens is 1. The highest BCUT2D eigenvalue weighted by Gasteiger charge is 2.33. The van der Waals surface area contributed by atoms with Crippen molar-refractivity contribution in [1.29, 1.82) is 0 Å². The first-order valence-corrected chi connectivity index (χ1v) is 16.1. The van der Waals surface area contributed by atoms with Crippen LogP contribution in [0.3, 0.4) is 0 Å². The third kappa shape index (κ3) is 7.37. The Kier molecular flexibility index (Phi) is 10.2. The summed E-state index contributed by atoms with van der Waals surface area (Å²) in [6.45, 7) is 6.77. The van der Waals surface area contributed by atoms with Crippen LogP contribution in [0.4, 0.5) is 5.69 Å². The molecule has 0 aliphatic carbocycles. The van der Waals surface area contributed by atoms with E-state index in [0.29, 0.717) is 41.1 Å². The zero-order chi connectivity index (χ0) is 29.6. The summed E-state index contributed by atoms with van der Waals surface area (Å²) in [6, 6.07) is 21.9. The first-order chi connectivity index (χ1) is 19.6. The van der Waals surface area contributed by atoms with Crippen molar-refractivity contribution in [3.63, 3.8) is 0 Å². The summed E-state index contributed by atoms with van der Waals surface area (Å²) in [5.74, 6) is -0.581. The van der Waals surface area contributed by atoms with Gasteiger partial charge in [0, 0.05) is 24.9 Å². The monoisotopic (exact) mass is 612 g/mol. The van der Waals surface area contributed by atoms with Gasteiger partial charge in [-0.05, 0) is 35.9 Å². The Hall–Kier alpha value is -3.18. The largest absolute Gasteiger partial charge is 0.345 e. The van der Waals surface area contributed by atoms with Crippen molar-refractivity contribution in [1.82, 2.24) is 14.5 Å². The second-order valence-electron chi connectivity index (χ2n) is 9.53. The molecule has 2 amide bonds. The van der Waals surface area contributed by atoms with Gasteiger partial charge in [-0.15, -0.1) is 0 Å². The fourth-order valence-corrected chi connectivity index (χ4v) is 7.32. The predicted octanol–water partition coefficient (Wildman–Crippen LogP) is 5.88. The Morgan fingerprint density at radius 2 is 1.73 bits per heavy atom. The van der Waals surface area contributed by atoms with Crippen LogP contribution < -0.4 is 5.32 Å². The van der Waals surface area contributed by atoms with Crippen LogP contribution >= 0.6 is 23.4 Å². The molecule has 2 atom stereocenters. The van der Waals surface area contributed by atoms with E-state index in [0.717, 1.165) is 5.56 Å². The summed E-state index contributed by atoms with van der Waals surface area (Å²) in [5, 5.41) is 3.88. The van der Waals surface area contributed by atoms with Crippen molar-refractivity contribution in [3.8, 4) is 0 Å². The SMILES string of the molecule is CCN(CC)S(=O)(=O)c1cccc(N=C2S[C@@H](C)CN2C(=O)C[C@@H](NC(=O)c2ccccc2Cl)c2ccccc2)c1. The Bertz CT molecular complexity index is 1530. The van der Waals surface area contributed by atoms with Gasteiger partial charge in [0.25, 0.3) is 5.91 Å². The Morgan fingerprint density at radius 1 is 1.05 bits per heavy atom. The van der Waals surface area contributed by atoms with Crippen LogP contribution in [0.5, 0.6) is 0 Å². The number of hydrogen-bond acceptors (Lipinski definition) is 6. The molecule has 1 aliphatic heterocycles. The molecule has 216 valence electrons. The number of carbonyl (C=O) groups excluding carboxylic acids is 2. The van der Waals surface area contributed by atoms with E-state index in [4.69, 9.17) is 16.6 Å². The third-order valence-electron chi connectivity index (χ3n) is 6.67. The smallest absolute Gasteiger partial charge is 0.253 e. The Labute approximate surface area is 250 Å². The summed E-state index contributed by atoms with van der Waals surface area (Å²) in [7, 11) is -3.65. The molecule has 3 aromatic carbocycles. The molecule has 0 saturated carbocycles. The van der Waals surface area contributed by atoms with E-state index in [1.165, 1.54) is 22.1 Å². The standard InChI is InChI=1S/C30H33ClN4O4S2/c1-4-34(5-2)41(38,39)24-15-11-14-23(18-24)32-30-35(20-21(3)40-30)28(36)19-27(22-12-7-6-8-13-22)33-29(37)25-16-9-10-17-26(25)31/h6-18,21,27H,4-5,19-20H2,1-3H3,(H,33,37)/t21-,27+/m0/s1. The van der Waals surface area contributed by atoms with E-state index in [2.05, 4.69) is 5.32 Å². The average Bonchev–Trinajstić information content (AvgIpc) is 3.33. The minimum absolute atomic E-state index is 0.00286. The number of hydrogen-bond donors (Lipinski definition) is 1. The van der Waals surface area contributed by atoms with Crippen molar-refractivity contribution in [3.05, 3.63) is 95.0 Å². The second-order valence-corrected chi connectivity index (χ2v) is 13.3. The molecule has 1 saturated heterocycles. The summed E-state index contributed by atoms with van der Waals surface area (Å²) < 4.78 is 27.5. The zero-order valence-electron chi connectivity index (χ0n) is 23.2. The van der Waals surface area contributed by atoms with E-state index < -0.39 is 16.1 Å². The van der Waals surface area contributed by atoms with Gasteiger partial charge in [-0.3, -0.25) is 14.5 Å². The molecule has 0 aromatic heterocycles. The van der Waals surface area contributed by atoms with Gasteiger partial charge in [-0.25, -0.2) is 13.4 Å². The predicted molar refractivity (Wildman–Crippen MR) is 165 cm³/mol. The number of carbonyl (C=O) groups is 2. The topological polar surface area (TPSA) is 99.2 Å². The summed E-state index contributed by atoms with van der Waals surface area (Å²) in [5.41, 5.74) is 1.56. The molecule has 4 rings (SSSR count). The number of thioether (sulfide) groups is 1. The highest BCUT2D eigenvalue weighted by Crippen LogP contribution is 2.31. The highest BCUT2D eigenvalue weighted by molar-refractivity contribution is 8.14. The van der Waals surface area contributed by atoms with Gasteiger partial charge in [-0.2, -0.15) is 4.31 Å². The first kappa shape index (κ1) is 30.8. The second kappa shape index (κ2) is 13.7. The lowest BCUT2D eigenvalue weighted by Gasteiger charge is -2.23. The number of amides is 2. The van der Waals surface area contributed by atoms with Crippen LogP contribution in [-0.2, 0) is 14.8 Å². The zero-order valence-corrected chi connectivity index (χ0v) is 25.5. The molecule has 1 N–H and O–H groups in total. The lowest BCUT2D eigenvalue weighted by Crippen LogP contribution is -2.37. The first-order valence-electron chi connectivity index (χ1n) is 13.4. The molecule has 41 heavy (non-hydrogen) atoms. The van der Waals surface area contributed by atoms with Gasteiger partial charge in [-0.1, -0.05) is 92.7 Å².